The van der Waals surface area contributed by atoms with E-state index in [0.29, 0.717) is 5.41 Å². The van der Waals surface area contributed by atoms with Gasteiger partial charge in [-0.2, -0.15) is 5.26 Å². The van der Waals surface area contributed by atoms with Crippen molar-refractivity contribution in [2.75, 3.05) is 23.8 Å². The van der Waals surface area contributed by atoms with Gasteiger partial charge in [-0.05, 0) is 30.4 Å². The van der Waals surface area contributed by atoms with Crippen molar-refractivity contribution in [1.82, 2.24) is 0 Å². The fourth-order valence-corrected chi connectivity index (χ4v) is 3.24. The maximum atomic E-state index is 9.11. The molecule has 0 N–H and O–H groups in total. The van der Waals surface area contributed by atoms with Crippen molar-refractivity contribution < 1.29 is 0 Å². The minimum atomic E-state index is 0.414. The van der Waals surface area contributed by atoms with Crippen LogP contribution in [0.1, 0.15) is 24.8 Å². The lowest BCUT2D eigenvalue weighted by molar-refractivity contribution is 0.179. The van der Waals surface area contributed by atoms with Gasteiger partial charge in [-0.25, -0.2) is 0 Å². The van der Waals surface area contributed by atoms with E-state index in [1.807, 2.05) is 24.3 Å². The SMILES string of the molecule is CN(CC1(CBr)CCC1)c1ccccc1C#N. The summed E-state index contributed by atoms with van der Waals surface area (Å²) in [5.41, 5.74) is 2.22. The molecule has 0 amide bonds. The third-order valence-corrected chi connectivity index (χ3v) is 4.90. The molecule has 0 radical (unpaired) electrons. The Hall–Kier alpha value is -1.01. The molecule has 17 heavy (non-hydrogen) atoms. The Balaban J connectivity index is 2.14. The van der Waals surface area contributed by atoms with E-state index in [-0.39, 0.29) is 0 Å². The molecule has 2 nitrogen and oxygen atoms in total. The van der Waals surface area contributed by atoms with Crippen LogP contribution in [-0.4, -0.2) is 18.9 Å². The molecule has 0 bridgehead atoms. The Morgan fingerprint density at radius 1 is 1.41 bits per heavy atom. The predicted octanol–water partition coefficient (Wildman–Crippen LogP) is 3.56. The molecule has 0 heterocycles. The smallest absolute Gasteiger partial charge is 0.101 e. The van der Waals surface area contributed by atoms with Gasteiger partial charge in [0.1, 0.15) is 6.07 Å². The van der Waals surface area contributed by atoms with E-state index in [1.54, 1.807) is 0 Å². The number of benzene rings is 1. The molecular weight excluding hydrogens is 276 g/mol. The van der Waals surface area contributed by atoms with Crippen LogP contribution in [0.5, 0.6) is 0 Å². The number of nitriles is 1. The molecule has 1 saturated carbocycles. The van der Waals surface area contributed by atoms with E-state index in [2.05, 4.69) is 33.9 Å². The first-order valence-electron chi connectivity index (χ1n) is 5.97. The summed E-state index contributed by atoms with van der Waals surface area (Å²) in [6.45, 7) is 1.02. The number of hydrogen-bond acceptors (Lipinski definition) is 2. The zero-order valence-corrected chi connectivity index (χ0v) is 11.7. The highest BCUT2D eigenvalue weighted by atomic mass is 79.9. The molecule has 0 spiro atoms. The quantitative estimate of drug-likeness (QED) is 0.794. The summed E-state index contributed by atoms with van der Waals surface area (Å²) >= 11 is 3.63. The lowest BCUT2D eigenvalue weighted by atomic mass is 9.70. The zero-order valence-electron chi connectivity index (χ0n) is 10.1. The molecule has 3 heteroatoms. The van der Waals surface area contributed by atoms with Crippen molar-refractivity contribution in [2.24, 2.45) is 5.41 Å². The first-order chi connectivity index (χ1) is 8.21. The molecule has 0 unspecified atom stereocenters. The van der Waals surface area contributed by atoms with Gasteiger partial charge in [-0.15, -0.1) is 0 Å². The number of anilines is 1. The van der Waals surface area contributed by atoms with Crippen LogP contribution in [0, 0.1) is 16.7 Å². The Morgan fingerprint density at radius 2 is 2.12 bits per heavy atom. The Labute approximate surface area is 111 Å². The van der Waals surface area contributed by atoms with Gasteiger partial charge < -0.3 is 4.90 Å². The van der Waals surface area contributed by atoms with E-state index < -0.39 is 0 Å². The first kappa shape index (κ1) is 12.4. The Kier molecular flexibility index (Phi) is 3.73. The molecule has 1 aliphatic carbocycles. The van der Waals surface area contributed by atoms with Crippen LogP contribution in [0.4, 0.5) is 5.69 Å². The fraction of sp³-hybridized carbons (Fsp3) is 0.500. The van der Waals surface area contributed by atoms with Gasteiger partial charge >= 0.3 is 0 Å². The van der Waals surface area contributed by atoms with Crippen LogP contribution in [0.15, 0.2) is 24.3 Å². The summed E-state index contributed by atoms with van der Waals surface area (Å²) < 4.78 is 0. The molecule has 0 atom stereocenters. The monoisotopic (exact) mass is 292 g/mol. The summed E-state index contributed by atoms with van der Waals surface area (Å²) in [6, 6.07) is 10.1. The largest absolute Gasteiger partial charge is 0.373 e. The van der Waals surface area contributed by atoms with Crippen molar-refractivity contribution in [3.8, 4) is 6.07 Å². The molecule has 2 rings (SSSR count). The average molecular weight is 293 g/mol. The van der Waals surface area contributed by atoms with Crippen LogP contribution in [0.3, 0.4) is 0 Å². The van der Waals surface area contributed by atoms with Gasteiger partial charge in [0.15, 0.2) is 0 Å². The fourth-order valence-electron chi connectivity index (χ4n) is 2.50. The number of hydrogen-bond donors (Lipinski definition) is 0. The number of rotatable bonds is 4. The molecule has 0 aliphatic heterocycles. The normalized spacial score (nSPS) is 17.0. The maximum absolute atomic E-state index is 9.11. The summed E-state index contributed by atoms with van der Waals surface area (Å²) in [5.74, 6) is 0. The third-order valence-electron chi connectivity index (χ3n) is 3.71. The van der Waals surface area contributed by atoms with Gasteiger partial charge in [-0.3, -0.25) is 0 Å². The Bertz CT molecular complexity index is 427. The van der Waals surface area contributed by atoms with Crippen LogP contribution in [-0.2, 0) is 0 Å². The van der Waals surface area contributed by atoms with Crippen molar-refractivity contribution in [2.45, 2.75) is 19.3 Å². The van der Waals surface area contributed by atoms with Gasteiger partial charge in [0, 0.05) is 18.9 Å². The lowest BCUT2D eigenvalue weighted by Crippen LogP contribution is -2.42. The van der Waals surface area contributed by atoms with E-state index in [1.165, 1.54) is 19.3 Å². The molecule has 90 valence electrons. The summed E-state index contributed by atoms with van der Waals surface area (Å²) in [5, 5.41) is 10.2. The molecule has 1 aromatic carbocycles. The van der Waals surface area contributed by atoms with Crippen LogP contribution < -0.4 is 4.90 Å². The van der Waals surface area contributed by atoms with Crippen molar-refractivity contribution in [3.63, 3.8) is 0 Å². The average Bonchev–Trinajstić information content (AvgIpc) is 2.33. The topological polar surface area (TPSA) is 27.0 Å². The van der Waals surface area contributed by atoms with E-state index in [0.717, 1.165) is 23.1 Å². The number of nitrogens with zero attached hydrogens (tertiary/aromatic N) is 2. The van der Waals surface area contributed by atoms with Crippen molar-refractivity contribution >= 4 is 21.6 Å². The van der Waals surface area contributed by atoms with E-state index in [4.69, 9.17) is 5.26 Å². The molecule has 0 aromatic heterocycles. The summed E-state index contributed by atoms with van der Waals surface area (Å²) in [7, 11) is 2.08. The maximum Gasteiger partial charge on any atom is 0.101 e. The van der Waals surface area contributed by atoms with Gasteiger partial charge in [-0.1, -0.05) is 34.5 Å². The second-order valence-electron chi connectivity index (χ2n) is 4.97. The standard InChI is InChI=1S/C14H17BrN2/c1-17(11-14(10-15)7-4-8-14)13-6-3-2-5-12(13)9-16/h2-3,5-6H,4,7-8,10-11H2,1H3. The lowest BCUT2D eigenvalue weighted by Gasteiger charge is -2.43. The third kappa shape index (κ3) is 2.47. The van der Waals surface area contributed by atoms with Crippen LogP contribution in [0.2, 0.25) is 0 Å². The molecular formula is C14H17BrN2. The molecule has 0 saturated heterocycles. The minimum Gasteiger partial charge on any atom is -0.373 e. The highest BCUT2D eigenvalue weighted by Gasteiger charge is 2.37. The number of alkyl halides is 1. The van der Waals surface area contributed by atoms with Crippen molar-refractivity contribution in [3.05, 3.63) is 29.8 Å². The van der Waals surface area contributed by atoms with E-state index >= 15 is 0 Å². The number of halogens is 1. The second-order valence-corrected chi connectivity index (χ2v) is 5.53. The zero-order chi connectivity index (χ0) is 12.3. The van der Waals surface area contributed by atoms with Crippen molar-refractivity contribution in [1.29, 1.82) is 5.26 Å². The first-order valence-corrected chi connectivity index (χ1v) is 7.09. The summed E-state index contributed by atoms with van der Waals surface area (Å²) in [4.78, 5) is 2.22. The highest BCUT2D eigenvalue weighted by molar-refractivity contribution is 9.09. The molecule has 1 aliphatic rings. The minimum absolute atomic E-state index is 0.414. The highest BCUT2D eigenvalue weighted by Crippen LogP contribution is 2.43. The summed E-state index contributed by atoms with van der Waals surface area (Å²) in [6.07, 6.45) is 3.91. The Morgan fingerprint density at radius 3 is 2.65 bits per heavy atom. The van der Waals surface area contributed by atoms with Gasteiger partial charge in [0.2, 0.25) is 0 Å². The van der Waals surface area contributed by atoms with Crippen LogP contribution in [0.25, 0.3) is 0 Å². The second kappa shape index (κ2) is 5.10. The molecule has 1 fully saturated rings. The molecule has 1 aromatic rings. The van der Waals surface area contributed by atoms with Gasteiger partial charge in [0.25, 0.3) is 0 Å². The number of para-hydroxylation sites is 1. The van der Waals surface area contributed by atoms with Gasteiger partial charge in [0.05, 0.1) is 11.3 Å². The predicted molar refractivity (Wildman–Crippen MR) is 74.5 cm³/mol. The van der Waals surface area contributed by atoms with Crippen LogP contribution >= 0.6 is 15.9 Å². The van der Waals surface area contributed by atoms with E-state index in [9.17, 15) is 0 Å².